The van der Waals surface area contributed by atoms with E-state index in [0.29, 0.717) is 16.9 Å². The van der Waals surface area contributed by atoms with Gasteiger partial charge in [0.2, 0.25) is 5.71 Å². The lowest BCUT2D eigenvalue weighted by Gasteiger charge is -1.94. The fourth-order valence-corrected chi connectivity index (χ4v) is 1.78. The molecule has 0 saturated heterocycles. The Morgan fingerprint density at radius 2 is 2.27 bits per heavy atom. The number of aryl methyl sites for hydroxylation is 3. The molecule has 4 nitrogen and oxygen atoms in total. The minimum Gasteiger partial charge on any atom is -0.443 e. The smallest absolute Gasteiger partial charge is 0.228 e. The first-order chi connectivity index (χ1) is 7.13. The van der Waals surface area contributed by atoms with Gasteiger partial charge in [-0.15, -0.1) is 0 Å². The third kappa shape index (κ3) is 1.56. The third-order valence-electron chi connectivity index (χ3n) is 2.39. The van der Waals surface area contributed by atoms with E-state index in [2.05, 4.69) is 12.0 Å². The summed E-state index contributed by atoms with van der Waals surface area (Å²) in [4.78, 5) is 11.8. The zero-order valence-electron chi connectivity index (χ0n) is 9.20. The number of aromatic nitrogens is 2. The molecule has 4 heteroatoms. The molecule has 2 rings (SSSR count). The number of nitrogens with zero attached hydrogens (tertiary/aromatic N) is 2. The van der Waals surface area contributed by atoms with Crippen molar-refractivity contribution in [2.45, 2.75) is 26.7 Å². The molecule has 0 aliphatic heterocycles. The predicted octanol–water partition coefficient (Wildman–Crippen LogP) is 1.79. The SMILES string of the molecule is CCCc1nn(C)c2oc(C)cc(=O)c12. The van der Waals surface area contributed by atoms with Crippen LogP contribution in [0.3, 0.4) is 0 Å². The van der Waals surface area contributed by atoms with Crippen molar-refractivity contribution in [1.82, 2.24) is 9.78 Å². The highest BCUT2D eigenvalue weighted by Crippen LogP contribution is 2.16. The van der Waals surface area contributed by atoms with E-state index in [1.807, 2.05) is 0 Å². The Hall–Kier alpha value is -1.58. The van der Waals surface area contributed by atoms with Gasteiger partial charge in [0.05, 0.1) is 5.69 Å². The molecule has 0 bridgehead atoms. The van der Waals surface area contributed by atoms with Crippen LogP contribution >= 0.6 is 0 Å². The van der Waals surface area contributed by atoms with Crippen molar-refractivity contribution in [3.05, 3.63) is 27.7 Å². The quantitative estimate of drug-likeness (QED) is 0.752. The van der Waals surface area contributed by atoms with Gasteiger partial charge in [-0.05, 0) is 13.3 Å². The van der Waals surface area contributed by atoms with Crippen LogP contribution in [0.4, 0.5) is 0 Å². The van der Waals surface area contributed by atoms with Crippen LogP contribution < -0.4 is 5.43 Å². The summed E-state index contributed by atoms with van der Waals surface area (Å²) in [5, 5.41) is 4.93. The van der Waals surface area contributed by atoms with Crippen molar-refractivity contribution >= 4 is 11.1 Å². The molecular formula is C11H14N2O2. The third-order valence-corrected chi connectivity index (χ3v) is 2.39. The first-order valence-electron chi connectivity index (χ1n) is 5.09. The van der Waals surface area contributed by atoms with E-state index in [4.69, 9.17) is 4.42 Å². The lowest BCUT2D eigenvalue weighted by atomic mass is 10.2. The number of rotatable bonds is 2. The molecule has 2 aromatic rings. The normalized spacial score (nSPS) is 11.1. The summed E-state index contributed by atoms with van der Waals surface area (Å²) in [6.07, 6.45) is 1.78. The lowest BCUT2D eigenvalue weighted by Crippen LogP contribution is -2.01. The van der Waals surface area contributed by atoms with Gasteiger partial charge in [0, 0.05) is 13.1 Å². The summed E-state index contributed by atoms with van der Waals surface area (Å²) in [7, 11) is 1.80. The predicted molar refractivity (Wildman–Crippen MR) is 58.0 cm³/mol. The molecule has 0 atom stereocenters. The molecule has 2 aromatic heterocycles. The molecule has 0 aromatic carbocycles. The Bertz CT molecular complexity index is 551. The van der Waals surface area contributed by atoms with Crippen LogP contribution in [0.2, 0.25) is 0 Å². The second-order valence-corrected chi connectivity index (χ2v) is 3.72. The monoisotopic (exact) mass is 206 g/mol. The summed E-state index contributed by atoms with van der Waals surface area (Å²) in [6.45, 7) is 3.84. The fourth-order valence-electron chi connectivity index (χ4n) is 1.78. The van der Waals surface area contributed by atoms with Crippen LogP contribution in [-0.2, 0) is 13.5 Å². The average Bonchev–Trinajstić information content (AvgIpc) is 2.44. The summed E-state index contributed by atoms with van der Waals surface area (Å²) in [5.74, 6) is 0.624. The maximum Gasteiger partial charge on any atom is 0.228 e. The van der Waals surface area contributed by atoms with Crippen LogP contribution in [0.25, 0.3) is 11.1 Å². The topological polar surface area (TPSA) is 48.0 Å². The van der Waals surface area contributed by atoms with Gasteiger partial charge >= 0.3 is 0 Å². The summed E-state index contributed by atoms with van der Waals surface area (Å²) < 4.78 is 7.13. The second-order valence-electron chi connectivity index (χ2n) is 3.72. The highest BCUT2D eigenvalue weighted by molar-refractivity contribution is 5.76. The molecule has 0 spiro atoms. The van der Waals surface area contributed by atoms with Crippen molar-refractivity contribution in [3.63, 3.8) is 0 Å². The van der Waals surface area contributed by atoms with Gasteiger partial charge < -0.3 is 4.42 Å². The molecule has 0 aliphatic carbocycles. The lowest BCUT2D eigenvalue weighted by molar-refractivity contribution is 0.527. The molecule has 0 aliphatic rings. The van der Waals surface area contributed by atoms with Gasteiger partial charge in [0.25, 0.3) is 0 Å². The van der Waals surface area contributed by atoms with Crippen LogP contribution in [0, 0.1) is 6.92 Å². The molecule has 0 unspecified atom stereocenters. The Balaban J connectivity index is 2.81. The van der Waals surface area contributed by atoms with E-state index in [0.717, 1.165) is 18.5 Å². The standard InChI is InChI=1S/C11H14N2O2/c1-4-5-8-10-9(14)6-7(2)15-11(10)13(3)12-8/h6H,4-5H2,1-3H3. The first-order valence-corrected chi connectivity index (χ1v) is 5.09. The molecule has 0 radical (unpaired) electrons. The van der Waals surface area contributed by atoms with Gasteiger partial charge in [0.1, 0.15) is 11.1 Å². The second kappa shape index (κ2) is 3.53. The van der Waals surface area contributed by atoms with E-state index in [1.54, 1.807) is 18.7 Å². The number of hydrogen-bond acceptors (Lipinski definition) is 3. The molecule has 0 saturated carbocycles. The number of fused-ring (bicyclic) bond motifs is 1. The van der Waals surface area contributed by atoms with E-state index in [-0.39, 0.29) is 5.43 Å². The Morgan fingerprint density at radius 3 is 2.93 bits per heavy atom. The molecule has 80 valence electrons. The minimum atomic E-state index is 0.00491. The zero-order valence-corrected chi connectivity index (χ0v) is 9.20. The summed E-state index contributed by atoms with van der Waals surface area (Å²) in [5.41, 5.74) is 1.41. The van der Waals surface area contributed by atoms with Gasteiger partial charge in [-0.1, -0.05) is 13.3 Å². The van der Waals surface area contributed by atoms with Gasteiger partial charge in [-0.2, -0.15) is 5.10 Å². The fraction of sp³-hybridized carbons (Fsp3) is 0.455. The van der Waals surface area contributed by atoms with E-state index >= 15 is 0 Å². The highest BCUT2D eigenvalue weighted by Gasteiger charge is 2.13. The van der Waals surface area contributed by atoms with Crippen molar-refractivity contribution in [2.24, 2.45) is 7.05 Å². The molecule has 15 heavy (non-hydrogen) atoms. The van der Waals surface area contributed by atoms with Crippen molar-refractivity contribution < 1.29 is 4.42 Å². The van der Waals surface area contributed by atoms with Gasteiger partial charge in [-0.25, -0.2) is 4.68 Å². The van der Waals surface area contributed by atoms with Crippen LogP contribution in [-0.4, -0.2) is 9.78 Å². The largest absolute Gasteiger partial charge is 0.443 e. The highest BCUT2D eigenvalue weighted by atomic mass is 16.3. The maximum absolute atomic E-state index is 11.8. The first kappa shape index (κ1) is 9.96. The Labute approximate surface area is 87.5 Å². The zero-order chi connectivity index (χ0) is 11.0. The molecular weight excluding hydrogens is 192 g/mol. The Kier molecular flexibility index (Phi) is 2.34. The van der Waals surface area contributed by atoms with Crippen molar-refractivity contribution in [2.75, 3.05) is 0 Å². The van der Waals surface area contributed by atoms with Crippen molar-refractivity contribution in [3.8, 4) is 0 Å². The van der Waals surface area contributed by atoms with Crippen LogP contribution in [0.1, 0.15) is 24.8 Å². The van der Waals surface area contributed by atoms with E-state index in [1.165, 1.54) is 6.07 Å². The van der Waals surface area contributed by atoms with Crippen molar-refractivity contribution in [1.29, 1.82) is 0 Å². The van der Waals surface area contributed by atoms with E-state index < -0.39 is 0 Å². The summed E-state index contributed by atoms with van der Waals surface area (Å²) in [6, 6.07) is 1.52. The van der Waals surface area contributed by atoms with Crippen LogP contribution in [0.15, 0.2) is 15.3 Å². The molecule has 0 amide bonds. The molecule has 0 N–H and O–H groups in total. The molecule has 0 fully saturated rings. The van der Waals surface area contributed by atoms with Crippen LogP contribution in [0.5, 0.6) is 0 Å². The Morgan fingerprint density at radius 1 is 1.53 bits per heavy atom. The van der Waals surface area contributed by atoms with E-state index in [9.17, 15) is 4.79 Å². The average molecular weight is 206 g/mol. The van der Waals surface area contributed by atoms with Gasteiger partial charge in [0.15, 0.2) is 5.43 Å². The molecule has 2 heterocycles. The maximum atomic E-state index is 11.8. The van der Waals surface area contributed by atoms with Gasteiger partial charge in [-0.3, -0.25) is 4.79 Å². The minimum absolute atomic E-state index is 0.00491. The number of hydrogen-bond donors (Lipinski definition) is 0. The summed E-state index contributed by atoms with van der Waals surface area (Å²) >= 11 is 0.